The zero-order valence-corrected chi connectivity index (χ0v) is 12.8. The molecular weight excluding hydrogens is 274 g/mol. The Morgan fingerprint density at radius 2 is 1.77 bits per heavy atom. The van der Waals surface area contributed by atoms with Gasteiger partial charge in [0.15, 0.2) is 6.04 Å². The van der Waals surface area contributed by atoms with E-state index in [4.69, 9.17) is 4.74 Å². The first-order chi connectivity index (χ1) is 10.7. The van der Waals surface area contributed by atoms with Crippen molar-refractivity contribution in [2.24, 2.45) is 4.99 Å². The van der Waals surface area contributed by atoms with Crippen LogP contribution in [0.2, 0.25) is 0 Å². The Kier molecular flexibility index (Phi) is 4.05. The van der Waals surface area contributed by atoms with Gasteiger partial charge in [0.25, 0.3) is 0 Å². The van der Waals surface area contributed by atoms with Crippen molar-refractivity contribution in [2.45, 2.75) is 25.3 Å². The molecule has 2 aromatic rings. The number of aryl methyl sites for hydroxylation is 1. The first-order valence-electron chi connectivity index (χ1n) is 7.45. The van der Waals surface area contributed by atoms with Crippen molar-refractivity contribution < 1.29 is 9.53 Å². The fourth-order valence-corrected chi connectivity index (χ4v) is 2.90. The molecule has 3 rings (SSSR count). The molecule has 0 saturated carbocycles. The van der Waals surface area contributed by atoms with Gasteiger partial charge < -0.3 is 4.74 Å². The smallest absolute Gasteiger partial charge is 0.331 e. The van der Waals surface area contributed by atoms with Crippen LogP contribution in [0.1, 0.15) is 29.0 Å². The molecule has 1 aliphatic rings. The van der Waals surface area contributed by atoms with Crippen LogP contribution in [0.25, 0.3) is 0 Å². The van der Waals surface area contributed by atoms with Gasteiger partial charge in [-0.05, 0) is 24.5 Å². The second-order valence-electron chi connectivity index (χ2n) is 5.63. The number of methoxy groups -OCH3 is 1. The van der Waals surface area contributed by atoms with Gasteiger partial charge in [0.1, 0.15) is 0 Å². The van der Waals surface area contributed by atoms with E-state index in [2.05, 4.69) is 36.2 Å². The number of ether oxygens (including phenoxy) is 1. The van der Waals surface area contributed by atoms with E-state index >= 15 is 0 Å². The lowest BCUT2D eigenvalue weighted by atomic mass is 9.88. The van der Waals surface area contributed by atoms with Crippen molar-refractivity contribution in [3.63, 3.8) is 0 Å². The molecule has 0 spiro atoms. The predicted octanol–water partition coefficient (Wildman–Crippen LogP) is 3.51. The minimum absolute atomic E-state index is 0.0447. The van der Waals surface area contributed by atoms with E-state index in [0.29, 0.717) is 0 Å². The highest BCUT2D eigenvalue weighted by Gasteiger charge is 2.36. The van der Waals surface area contributed by atoms with E-state index in [1.165, 1.54) is 12.7 Å². The molecule has 2 aromatic carbocycles. The summed E-state index contributed by atoms with van der Waals surface area (Å²) >= 11 is 0. The molecule has 0 aromatic heterocycles. The van der Waals surface area contributed by atoms with Crippen molar-refractivity contribution in [1.29, 1.82) is 0 Å². The van der Waals surface area contributed by atoms with Gasteiger partial charge in [-0.3, -0.25) is 4.99 Å². The van der Waals surface area contributed by atoms with Gasteiger partial charge in [0.2, 0.25) is 0 Å². The quantitative estimate of drug-likeness (QED) is 0.812. The number of aliphatic imine (C=N–C) groups is 1. The zero-order chi connectivity index (χ0) is 15.5. The molecule has 1 aliphatic heterocycles. The predicted molar refractivity (Wildman–Crippen MR) is 87.3 cm³/mol. The summed E-state index contributed by atoms with van der Waals surface area (Å²) < 4.78 is 4.95. The lowest BCUT2D eigenvalue weighted by molar-refractivity contribution is -0.142. The molecule has 0 unspecified atom stereocenters. The maximum Gasteiger partial charge on any atom is 0.331 e. The fraction of sp³-hybridized carbons (Fsp3) is 0.263. The second kappa shape index (κ2) is 6.14. The summed E-state index contributed by atoms with van der Waals surface area (Å²) in [5, 5.41) is 0. The highest BCUT2D eigenvalue weighted by atomic mass is 16.5. The Labute approximate surface area is 130 Å². The summed E-state index contributed by atoms with van der Waals surface area (Å²) in [7, 11) is 1.42. The fourth-order valence-electron chi connectivity index (χ4n) is 2.90. The van der Waals surface area contributed by atoms with Crippen molar-refractivity contribution >= 4 is 11.7 Å². The standard InChI is InChI=1S/C19H19NO2/c1-13-8-10-14(11-9-13)16-12-17(15-6-4-3-5-7-15)20-18(16)19(21)22-2/h3-11,16,18H,12H2,1-2H3/t16-,18+/m1/s1. The third-order valence-corrected chi connectivity index (χ3v) is 4.14. The number of hydrogen-bond acceptors (Lipinski definition) is 3. The molecule has 1 heterocycles. The summed E-state index contributed by atoms with van der Waals surface area (Å²) in [5.41, 5.74) is 4.39. The first-order valence-corrected chi connectivity index (χ1v) is 7.45. The molecule has 0 aliphatic carbocycles. The molecule has 3 heteroatoms. The van der Waals surface area contributed by atoms with Crippen molar-refractivity contribution in [2.75, 3.05) is 7.11 Å². The van der Waals surface area contributed by atoms with E-state index in [0.717, 1.165) is 23.3 Å². The van der Waals surface area contributed by atoms with Gasteiger partial charge in [-0.25, -0.2) is 4.79 Å². The number of carbonyl (C=O) groups is 1. The topological polar surface area (TPSA) is 38.7 Å². The van der Waals surface area contributed by atoms with Crippen molar-refractivity contribution in [3.05, 3.63) is 71.3 Å². The molecule has 112 valence electrons. The van der Waals surface area contributed by atoms with Crippen LogP contribution in [-0.2, 0) is 9.53 Å². The summed E-state index contributed by atoms with van der Waals surface area (Å²) in [4.78, 5) is 16.8. The minimum Gasteiger partial charge on any atom is -0.467 e. The third-order valence-electron chi connectivity index (χ3n) is 4.14. The van der Waals surface area contributed by atoms with Crippen LogP contribution in [0.5, 0.6) is 0 Å². The molecule has 0 amide bonds. The maximum absolute atomic E-state index is 12.1. The van der Waals surface area contributed by atoms with Gasteiger partial charge in [-0.15, -0.1) is 0 Å². The van der Waals surface area contributed by atoms with Crippen LogP contribution in [0.3, 0.4) is 0 Å². The number of carbonyl (C=O) groups excluding carboxylic acids is 1. The van der Waals surface area contributed by atoms with E-state index in [1.807, 2.05) is 30.3 Å². The van der Waals surface area contributed by atoms with Gasteiger partial charge in [-0.2, -0.15) is 0 Å². The number of hydrogen-bond donors (Lipinski definition) is 0. The number of benzene rings is 2. The number of esters is 1. The summed E-state index contributed by atoms with van der Waals surface area (Å²) in [6, 6.07) is 17.9. The summed E-state index contributed by atoms with van der Waals surface area (Å²) in [6.07, 6.45) is 0.757. The van der Waals surface area contributed by atoms with E-state index in [9.17, 15) is 4.79 Å². The lowest BCUT2D eigenvalue weighted by Crippen LogP contribution is -2.24. The lowest BCUT2D eigenvalue weighted by Gasteiger charge is -2.16. The zero-order valence-electron chi connectivity index (χ0n) is 12.8. The van der Waals surface area contributed by atoms with Crippen LogP contribution in [0.4, 0.5) is 0 Å². The highest BCUT2D eigenvalue weighted by Crippen LogP contribution is 2.34. The largest absolute Gasteiger partial charge is 0.467 e. The van der Waals surface area contributed by atoms with E-state index < -0.39 is 6.04 Å². The second-order valence-corrected chi connectivity index (χ2v) is 5.63. The Balaban J connectivity index is 1.94. The van der Waals surface area contributed by atoms with Crippen LogP contribution in [0, 0.1) is 6.92 Å². The number of rotatable bonds is 3. The van der Waals surface area contributed by atoms with Crippen molar-refractivity contribution in [3.8, 4) is 0 Å². The van der Waals surface area contributed by atoms with Crippen LogP contribution >= 0.6 is 0 Å². The Bertz CT molecular complexity index is 689. The van der Waals surface area contributed by atoms with E-state index in [-0.39, 0.29) is 11.9 Å². The van der Waals surface area contributed by atoms with Crippen LogP contribution in [0.15, 0.2) is 59.6 Å². The minimum atomic E-state index is -0.456. The summed E-state index contributed by atoms with van der Waals surface area (Å²) in [6.45, 7) is 2.06. The van der Waals surface area contributed by atoms with Crippen LogP contribution < -0.4 is 0 Å². The molecule has 22 heavy (non-hydrogen) atoms. The molecule has 3 nitrogen and oxygen atoms in total. The van der Waals surface area contributed by atoms with Gasteiger partial charge in [0.05, 0.1) is 7.11 Å². The Morgan fingerprint density at radius 3 is 2.41 bits per heavy atom. The Hall–Kier alpha value is -2.42. The normalized spacial score (nSPS) is 20.5. The SMILES string of the molecule is COC(=O)[C@H]1N=C(c2ccccc2)C[C@@H]1c1ccc(C)cc1. The maximum atomic E-state index is 12.1. The molecule has 0 fully saturated rings. The molecule has 0 bridgehead atoms. The molecular formula is C19H19NO2. The average molecular weight is 293 g/mol. The molecule has 0 N–H and O–H groups in total. The summed E-state index contributed by atoms with van der Waals surface area (Å²) in [5.74, 6) is -0.222. The first kappa shape index (κ1) is 14.5. The molecule has 2 atom stereocenters. The van der Waals surface area contributed by atoms with E-state index in [1.54, 1.807) is 0 Å². The number of nitrogens with zero attached hydrogens (tertiary/aromatic N) is 1. The molecule has 0 radical (unpaired) electrons. The Morgan fingerprint density at radius 1 is 1.09 bits per heavy atom. The highest BCUT2D eigenvalue weighted by molar-refractivity contribution is 6.04. The third kappa shape index (κ3) is 2.80. The average Bonchev–Trinajstić information content (AvgIpc) is 3.01. The van der Waals surface area contributed by atoms with Gasteiger partial charge in [-0.1, -0.05) is 60.2 Å². The van der Waals surface area contributed by atoms with Crippen molar-refractivity contribution in [1.82, 2.24) is 0 Å². The monoisotopic (exact) mass is 293 g/mol. The van der Waals surface area contributed by atoms with Gasteiger partial charge in [0, 0.05) is 11.6 Å². The van der Waals surface area contributed by atoms with Crippen LogP contribution in [-0.4, -0.2) is 24.8 Å². The molecule has 0 saturated heterocycles. The van der Waals surface area contributed by atoms with Gasteiger partial charge >= 0.3 is 5.97 Å².